The number of aliphatic hydroxyl groups excluding tert-OH is 1. The van der Waals surface area contributed by atoms with Gasteiger partial charge in [0.1, 0.15) is 0 Å². The Bertz CT molecular complexity index is 337. The van der Waals surface area contributed by atoms with E-state index in [1.54, 1.807) is 0 Å². The molecular formula is C23H45NO2. The van der Waals surface area contributed by atoms with E-state index in [9.17, 15) is 9.90 Å². The Kier molecular flexibility index (Phi) is 18.3. The number of allylic oxidation sites excluding steroid dienone is 1. The maximum atomic E-state index is 11.8. The van der Waals surface area contributed by atoms with E-state index in [4.69, 9.17) is 0 Å². The molecule has 0 aromatic heterocycles. The maximum Gasteiger partial charge on any atom is 0.220 e. The lowest BCUT2D eigenvalue weighted by Crippen LogP contribution is -2.33. The first-order chi connectivity index (χ1) is 12.6. The molecular weight excluding hydrogens is 322 g/mol. The molecule has 0 radical (unpaired) electrons. The Balaban J connectivity index is 3.41. The summed E-state index contributed by atoms with van der Waals surface area (Å²) < 4.78 is 0. The maximum absolute atomic E-state index is 11.8. The van der Waals surface area contributed by atoms with Gasteiger partial charge in [-0.3, -0.25) is 4.79 Å². The van der Waals surface area contributed by atoms with Crippen LogP contribution < -0.4 is 5.32 Å². The van der Waals surface area contributed by atoms with Crippen LogP contribution in [0.2, 0.25) is 0 Å². The zero-order valence-corrected chi connectivity index (χ0v) is 17.8. The summed E-state index contributed by atoms with van der Waals surface area (Å²) in [6.07, 6.45) is 20.5. The average molecular weight is 368 g/mol. The van der Waals surface area contributed by atoms with Crippen molar-refractivity contribution < 1.29 is 9.90 Å². The minimum absolute atomic E-state index is 0.158. The predicted octanol–water partition coefficient (Wildman–Crippen LogP) is 6.30. The Morgan fingerprint density at radius 1 is 0.885 bits per heavy atom. The first-order valence-corrected chi connectivity index (χ1v) is 11.3. The normalized spacial score (nSPS) is 12.8. The summed E-state index contributed by atoms with van der Waals surface area (Å²) in [7, 11) is 0. The molecule has 0 heterocycles. The van der Waals surface area contributed by atoms with E-state index < -0.39 is 0 Å². The van der Waals surface area contributed by atoms with Crippen LogP contribution in [0.4, 0.5) is 0 Å². The number of nitrogens with one attached hydrogen (secondary N) is 1. The molecule has 0 aliphatic heterocycles. The van der Waals surface area contributed by atoms with Crippen molar-refractivity contribution >= 4 is 5.91 Å². The molecule has 0 unspecified atom stereocenters. The predicted molar refractivity (Wildman–Crippen MR) is 113 cm³/mol. The topological polar surface area (TPSA) is 49.3 Å². The summed E-state index contributed by atoms with van der Waals surface area (Å²) in [4.78, 5) is 11.8. The summed E-state index contributed by atoms with van der Waals surface area (Å²) in [5.74, 6) is 0.217. The standard InChI is InChI=1S/C23H45NO2/c1-4-7-8-15-18-22(25)19-16-13-11-9-10-12-14-17-20-23(26)24-21(5-2)6-3/h13,16,21-22,25H,4-12,14-15,17-20H2,1-3H3,(H,24,26)/b16-13-/t22-/m1/s1. The molecule has 3 heteroatoms. The Labute approximate surface area is 163 Å². The van der Waals surface area contributed by atoms with Crippen molar-refractivity contribution in [3.05, 3.63) is 12.2 Å². The smallest absolute Gasteiger partial charge is 0.220 e. The largest absolute Gasteiger partial charge is 0.393 e. The van der Waals surface area contributed by atoms with Gasteiger partial charge in [-0.05, 0) is 44.9 Å². The van der Waals surface area contributed by atoms with Crippen LogP contribution >= 0.6 is 0 Å². The number of amides is 1. The minimum atomic E-state index is -0.158. The van der Waals surface area contributed by atoms with Gasteiger partial charge in [0.15, 0.2) is 0 Å². The minimum Gasteiger partial charge on any atom is -0.393 e. The summed E-state index contributed by atoms with van der Waals surface area (Å²) in [6, 6.07) is 0.351. The highest BCUT2D eigenvalue weighted by Gasteiger charge is 2.07. The van der Waals surface area contributed by atoms with Crippen LogP contribution in [0.25, 0.3) is 0 Å². The van der Waals surface area contributed by atoms with Gasteiger partial charge in [0.2, 0.25) is 5.91 Å². The fraction of sp³-hybridized carbons (Fsp3) is 0.870. The van der Waals surface area contributed by atoms with Gasteiger partial charge < -0.3 is 10.4 Å². The highest BCUT2D eigenvalue weighted by Crippen LogP contribution is 2.10. The second-order valence-electron chi connectivity index (χ2n) is 7.60. The fourth-order valence-corrected chi connectivity index (χ4v) is 3.17. The lowest BCUT2D eigenvalue weighted by molar-refractivity contribution is -0.121. The summed E-state index contributed by atoms with van der Waals surface area (Å²) >= 11 is 0. The second kappa shape index (κ2) is 18.9. The Hall–Kier alpha value is -0.830. The van der Waals surface area contributed by atoms with Gasteiger partial charge >= 0.3 is 0 Å². The molecule has 3 nitrogen and oxygen atoms in total. The first kappa shape index (κ1) is 25.2. The number of carbonyl (C=O) groups is 1. The second-order valence-corrected chi connectivity index (χ2v) is 7.60. The lowest BCUT2D eigenvalue weighted by atomic mass is 10.1. The molecule has 1 atom stereocenters. The van der Waals surface area contributed by atoms with E-state index in [2.05, 4.69) is 38.2 Å². The number of hydrogen-bond acceptors (Lipinski definition) is 2. The Morgan fingerprint density at radius 3 is 2.23 bits per heavy atom. The van der Waals surface area contributed by atoms with Crippen molar-refractivity contribution in [2.24, 2.45) is 0 Å². The summed E-state index contributed by atoms with van der Waals surface area (Å²) in [5.41, 5.74) is 0. The van der Waals surface area contributed by atoms with Crippen LogP contribution in [-0.2, 0) is 4.79 Å². The van der Waals surface area contributed by atoms with Gasteiger partial charge in [0.05, 0.1) is 6.10 Å². The highest BCUT2D eigenvalue weighted by atomic mass is 16.3. The molecule has 0 aromatic carbocycles. The quantitative estimate of drug-likeness (QED) is 0.221. The highest BCUT2D eigenvalue weighted by molar-refractivity contribution is 5.76. The van der Waals surface area contributed by atoms with Crippen molar-refractivity contribution in [2.75, 3.05) is 0 Å². The molecule has 26 heavy (non-hydrogen) atoms. The van der Waals surface area contributed by atoms with Crippen LogP contribution in [0, 0.1) is 0 Å². The van der Waals surface area contributed by atoms with E-state index in [-0.39, 0.29) is 12.0 Å². The summed E-state index contributed by atoms with van der Waals surface area (Å²) in [5, 5.41) is 13.0. The molecule has 2 N–H and O–H groups in total. The third kappa shape index (κ3) is 16.6. The number of aliphatic hydroxyl groups is 1. The third-order valence-electron chi connectivity index (χ3n) is 5.09. The molecule has 1 amide bonds. The number of rotatable bonds is 18. The van der Waals surface area contributed by atoms with Crippen LogP contribution in [-0.4, -0.2) is 23.2 Å². The van der Waals surface area contributed by atoms with Gasteiger partial charge in [-0.25, -0.2) is 0 Å². The molecule has 0 saturated heterocycles. The van der Waals surface area contributed by atoms with E-state index in [0.717, 1.165) is 51.4 Å². The van der Waals surface area contributed by atoms with Crippen molar-refractivity contribution in [1.82, 2.24) is 5.32 Å². The monoisotopic (exact) mass is 367 g/mol. The molecule has 0 aliphatic rings. The molecule has 0 spiro atoms. The fourth-order valence-electron chi connectivity index (χ4n) is 3.17. The molecule has 154 valence electrons. The van der Waals surface area contributed by atoms with Crippen molar-refractivity contribution in [3.63, 3.8) is 0 Å². The number of hydrogen-bond donors (Lipinski definition) is 2. The van der Waals surface area contributed by atoms with Crippen LogP contribution in [0.5, 0.6) is 0 Å². The molecule has 0 aliphatic carbocycles. The van der Waals surface area contributed by atoms with Crippen molar-refractivity contribution in [3.8, 4) is 0 Å². The lowest BCUT2D eigenvalue weighted by Gasteiger charge is -2.14. The molecule has 0 fully saturated rings. The van der Waals surface area contributed by atoms with Crippen molar-refractivity contribution in [2.45, 2.75) is 129 Å². The average Bonchev–Trinajstić information content (AvgIpc) is 2.64. The van der Waals surface area contributed by atoms with Crippen LogP contribution in [0.15, 0.2) is 12.2 Å². The molecule has 0 saturated carbocycles. The summed E-state index contributed by atoms with van der Waals surface area (Å²) in [6.45, 7) is 6.46. The van der Waals surface area contributed by atoms with E-state index in [0.29, 0.717) is 12.5 Å². The van der Waals surface area contributed by atoms with Crippen molar-refractivity contribution in [1.29, 1.82) is 0 Å². The van der Waals surface area contributed by atoms with Gasteiger partial charge in [-0.1, -0.05) is 77.9 Å². The first-order valence-electron chi connectivity index (χ1n) is 11.3. The van der Waals surface area contributed by atoms with Gasteiger partial charge in [0.25, 0.3) is 0 Å². The van der Waals surface area contributed by atoms with E-state index in [1.807, 2.05) is 0 Å². The SMILES string of the molecule is CCCCCC[C@@H](O)C/C=C\CCCCCCCC(=O)NC(CC)CC. The molecule has 0 rings (SSSR count). The zero-order chi connectivity index (χ0) is 19.5. The zero-order valence-electron chi connectivity index (χ0n) is 17.8. The van der Waals surface area contributed by atoms with Crippen LogP contribution in [0.1, 0.15) is 117 Å². The number of carbonyl (C=O) groups excluding carboxylic acids is 1. The van der Waals surface area contributed by atoms with Gasteiger partial charge in [-0.15, -0.1) is 0 Å². The molecule has 0 aromatic rings. The van der Waals surface area contributed by atoms with Crippen LogP contribution in [0.3, 0.4) is 0 Å². The van der Waals surface area contributed by atoms with E-state index in [1.165, 1.54) is 38.5 Å². The Morgan fingerprint density at radius 2 is 1.54 bits per heavy atom. The van der Waals surface area contributed by atoms with Gasteiger partial charge in [0, 0.05) is 12.5 Å². The van der Waals surface area contributed by atoms with E-state index >= 15 is 0 Å². The third-order valence-corrected chi connectivity index (χ3v) is 5.09. The number of unbranched alkanes of at least 4 members (excludes halogenated alkanes) is 8. The molecule has 0 bridgehead atoms. The van der Waals surface area contributed by atoms with Gasteiger partial charge in [-0.2, -0.15) is 0 Å².